The van der Waals surface area contributed by atoms with Crippen LogP contribution in [0.2, 0.25) is 0 Å². The maximum Gasteiger partial charge on any atom is 0.165 e. The van der Waals surface area contributed by atoms with Gasteiger partial charge in [-0.15, -0.1) is 0 Å². The highest BCUT2D eigenvalue weighted by atomic mass is 19.1. The third-order valence-corrected chi connectivity index (χ3v) is 2.43. The molecule has 0 bridgehead atoms. The van der Waals surface area contributed by atoms with Crippen molar-refractivity contribution in [1.82, 2.24) is 0 Å². The SMILES string of the molecule is Cc1cc(Oc2ccccc2F)ccc1C=O. The fraction of sp³-hybridized carbons (Fsp3) is 0.0714. The number of halogens is 1. The standard InChI is InChI=1S/C14H11FO2/c1-10-8-12(7-6-11(10)9-16)17-14-5-3-2-4-13(14)15/h2-9H,1H3. The molecule has 0 spiro atoms. The Morgan fingerprint density at radius 3 is 2.59 bits per heavy atom. The molecule has 2 aromatic carbocycles. The van der Waals surface area contributed by atoms with Crippen molar-refractivity contribution < 1.29 is 13.9 Å². The monoisotopic (exact) mass is 230 g/mol. The van der Waals surface area contributed by atoms with Gasteiger partial charge in [0.05, 0.1) is 0 Å². The summed E-state index contributed by atoms with van der Waals surface area (Å²) in [5, 5.41) is 0. The molecular weight excluding hydrogens is 219 g/mol. The van der Waals surface area contributed by atoms with Gasteiger partial charge in [-0.2, -0.15) is 0 Å². The van der Waals surface area contributed by atoms with E-state index in [9.17, 15) is 9.18 Å². The molecule has 2 aromatic rings. The minimum Gasteiger partial charge on any atom is -0.454 e. The molecular formula is C14H11FO2. The molecule has 0 atom stereocenters. The number of aldehydes is 1. The normalized spacial score (nSPS) is 10.0. The quantitative estimate of drug-likeness (QED) is 0.751. The summed E-state index contributed by atoms with van der Waals surface area (Å²) in [6, 6.07) is 11.2. The number of carbonyl (C=O) groups excluding carboxylic acids is 1. The summed E-state index contributed by atoms with van der Waals surface area (Å²) in [4.78, 5) is 10.7. The number of ether oxygens (including phenoxy) is 1. The maximum absolute atomic E-state index is 13.3. The van der Waals surface area contributed by atoms with Gasteiger partial charge in [0.15, 0.2) is 11.6 Å². The van der Waals surface area contributed by atoms with Gasteiger partial charge in [-0.05, 0) is 42.8 Å². The van der Waals surface area contributed by atoms with E-state index in [2.05, 4.69) is 0 Å². The summed E-state index contributed by atoms with van der Waals surface area (Å²) in [6.45, 7) is 1.80. The van der Waals surface area contributed by atoms with E-state index in [0.29, 0.717) is 11.3 Å². The predicted octanol–water partition coefficient (Wildman–Crippen LogP) is 3.74. The number of hydrogen-bond donors (Lipinski definition) is 0. The van der Waals surface area contributed by atoms with Crippen LogP contribution >= 0.6 is 0 Å². The van der Waals surface area contributed by atoms with Crippen LogP contribution in [0.4, 0.5) is 4.39 Å². The number of aryl methyl sites for hydroxylation is 1. The average Bonchev–Trinajstić information content (AvgIpc) is 2.32. The van der Waals surface area contributed by atoms with Gasteiger partial charge in [-0.25, -0.2) is 4.39 Å². The van der Waals surface area contributed by atoms with Crippen LogP contribution in [0.3, 0.4) is 0 Å². The minimum atomic E-state index is -0.412. The Kier molecular flexibility index (Phi) is 3.19. The van der Waals surface area contributed by atoms with Gasteiger partial charge >= 0.3 is 0 Å². The molecule has 0 fully saturated rings. The lowest BCUT2D eigenvalue weighted by Gasteiger charge is -2.08. The van der Waals surface area contributed by atoms with E-state index in [1.807, 2.05) is 0 Å². The number of hydrogen-bond acceptors (Lipinski definition) is 2. The zero-order valence-electron chi connectivity index (χ0n) is 9.31. The smallest absolute Gasteiger partial charge is 0.165 e. The molecule has 0 unspecified atom stereocenters. The van der Waals surface area contributed by atoms with Gasteiger partial charge in [0, 0.05) is 5.56 Å². The zero-order chi connectivity index (χ0) is 12.3. The molecule has 0 aliphatic rings. The topological polar surface area (TPSA) is 26.3 Å². The summed E-state index contributed by atoms with van der Waals surface area (Å²) >= 11 is 0. The summed E-state index contributed by atoms with van der Waals surface area (Å²) in [7, 11) is 0. The lowest BCUT2D eigenvalue weighted by molar-refractivity contribution is 0.112. The van der Waals surface area contributed by atoms with Crippen molar-refractivity contribution in [2.75, 3.05) is 0 Å². The maximum atomic E-state index is 13.3. The molecule has 2 nitrogen and oxygen atoms in total. The van der Waals surface area contributed by atoms with Crippen molar-refractivity contribution in [1.29, 1.82) is 0 Å². The first-order chi connectivity index (χ1) is 8.20. The molecule has 0 saturated heterocycles. The second-order valence-corrected chi connectivity index (χ2v) is 3.67. The van der Waals surface area contributed by atoms with E-state index >= 15 is 0 Å². The number of carbonyl (C=O) groups is 1. The Bertz CT molecular complexity index is 550. The Morgan fingerprint density at radius 1 is 1.18 bits per heavy atom. The van der Waals surface area contributed by atoms with E-state index in [-0.39, 0.29) is 5.75 Å². The van der Waals surface area contributed by atoms with Crippen LogP contribution in [0, 0.1) is 12.7 Å². The second-order valence-electron chi connectivity index (χ2n) is 3.67. The van der Waals surface area contributed by atoms with E-state index in [1.54, 1.807) is 43.3 Å². The van der Waals surface area contributed by atoms with Crippen LogP contribution in [-0.4, -0.2) is 6.29 Å². The van der Waals surface area contributed by atoms with Crippen molar-refractivity contribution in [3.8, 4) is 11.5 Å². The van der Waals surface area contributed by atoms with Gasteiger partial charge < -0.3 is 4.74 Å². The third-order valence-electron chi connectivity index (χ3n) is 2.43. The van der Waals surface area contributed by atoms with Gasteiger partial charge in [-0.3, -0.25) is 4.79 Å². The van der Waals surface area contributed by atoms with Crippen LogP contribution in [0.5, 0.6) is 11.5 Å². The molecule has 0 aliphatic heterocycles. The third kappa shape index (κ3) is 2.50. The van der Waals surface area contributed by atoms with Crippen LogP contribution in [0.15, 0.2) is 42.5 Å². The van der Waals surface area contributed by atoms with Crippen LogP contribution < -0.4 is 4.74 Å². The largest absolute Gasteiger partial charge is 0.454 e. The Labute approximate surface area is 98.7 Å². The molecule has 86 valence electrons. The Hall–Kier alpha value is -2.16. The van der Waals surface area contributed by atoms with Gasteiger partial charge in [0.1, 0.15) is 12.0 Å². The van der Waals surface area contributed by atoms with Gasteiger partial charge in [0.2, 0.25) is 0 Å². The second kappa shape index (κ2) is 4.78. The fourth-order valence-electron chi connectivity index (χ4n) is 1.50. The first kappa shape index (κ1) is 11.3. The minimum absolute atomic E-state index is 0.172. The van der Waals surface area contributed by atoms with Crippen molar-refractivity contribution in [3.63, 3.8) is 0 Å². The average molecular weight is 230 g/mol. The fourth-order valence-corrected chi connectivity index (χ4v) is 1.50. The van der Waals surface area contributed by atoms with Crippen LogP contribution in [-0.2, 0) is 0 Å². The number of rotatable bonds is 3. The first-order valence-electron chi connectivity index (χ1n) is 5.19. The summed E-state index contributed by atoms with van der Waals surface area (Å²) in [5.74, 6) is 0.272. The number of benzene rings is 2. The highest BCUT2D eigenvalue weighted by Gasteiger charge is 2.04. The molecule has 0 saturated carbocycles. The molecule has 0 amide bonds. The lowest BCUT2D eigenvalue weighted by Crippen LogP contribution is -1.91. The molecule has 17 heavy (non-hydrogen) atoms. The molecule has 3 heteroatoms. The summed E-state index contributed by atoms with van der Waals surface area (Å²) < 4.78 is 18.7. The van der Waals surface area contributed by atoms with Gasteiger partial charge in [-0.1, -0.05) is 12.1 Å². The predicted molar refractivity (Wildman–Crippen MR) is 63.0 cm³/mol. The summed E-state index contributed by atoms with van der Waals surface area (Å²) in [5.41, 5.74) is 1.40. The van der Waals surface area contributed by atoms with E-state index in [1.165, 1.54) is 6.07 Å². The lowest BCUT2D eigenvalue weighted by atomic mass is 10.1. The Morgan fingerprint density at radius 2 is 1.94 bits per heavy atom. The number of para-hydroxylation sites is 1. The molecule has 0 aromatic heterocycles. The van der Waals surface area contributed by atoms with Crippen LogP contribution in [0.1, 0.15) is 15.9 Å². The van der Waals surface area contributed by atoms with E-state index < -0.39 is 5.82 Å². The Balaban J connectivity index is 2.28. The van der Waals surface area contributed by atoms with E-state index in [4.69, 9.17) is 4.74 Å². The molecule has 0 N–H and O–H groups in total. The molecule has 2 rings (SSSR count). The first-order valence-corrected chi connectivity index (χ1v) is 5.19. The van der Waals surface area contributed by atoms with Crippen molar-refractivity contribution in [3.05, 3.63) is 59.4 Å². The highest BCUT2D eigenvalue weighted by Crippen LogP contribution is 2.25. The van der Waals surface area contributed by atoms with Crippen molar-refractivity contribution in [2.45, 2.75) is 6.92 Å². The van der Waals surface area contributed by atoms with Crippen LogP contribution in [0.25, 0.3) is 0 Å². The molecule has 0 aliphatic carbocycles. The molecule has 0 heterocycles. The highest BCUT2D eigenvalue weighted by molar-refractivity contribution is 5.77. The zero-order valence-corrected chi connectivity index (χ0v) is 9.31. The van der Waals surface area contributed by atoms with Crippen molar-refractivity contribution in [2.24, 2.45) is 0 Å². The van der Waals surface area contributed by atoms with E-state index in [0.717, 1.165) is 11.8 Å². The van der Waals surface area contributed by atoms with Crippen molar-refractivity contribution >= 4 is 6.29 Å². The summed E-state index contributed by atoms with van der Waals surface area (Å²) in [6.07, 6.45) is 0.780. The van der Waals surface area contributed by atoms with Gasteiger partial charge in [0.25, 0.3) is 0 Å². The molecule has 0 radical (unpaired) electrons.